The van der Waals surface area contributed by atoms with Crippen molar-refractivity contribution in [3.63, 3.8) is 0 Å². The molecule has 5 heteroatoms. The molecule has 1 aromatic carbocycles. The van der Waals surface area contributed by atoms with E-state index < -0.39 is 5.41 Å². The van der Waals surface area contributed by atoms with Gasteiger partial charge in [-0.25, -0.2) is 0 Å². The Morgan fingerprint density at radius 2 is 1.82 bits per heavy atom. The van der Waals surface area contributed by atoms with Gasteiger partial charge in [-0.3, -0.25) is 4.79 Å². The quantitative estimate of drug-likeness (QED) is 0.761. The van der Waals surface area contributed by atoms with Crippen LogP contribution in [0, 0.1) is 5.41 Å². The highest BCUT2D eigenvalue weighted by atomic mass is 79.9. The van der Waals surface area contributed by atoms with E-state index in [1.54, 1.807) is 13.8 Å². The summed E-state index contributed by atoms with van der Waals surface area (Å²) in [6.07, 6.45) is 0. The molecule has 0 fully saturated rings. The molecule has 0 atom stereocenters. The average Bonchev–Trinajstić information content (AvgIpc) is 2.27. The lowest BCUT2D eigenvalue weighted by atomic mass is 9.95. The Morgan fingerprint density at radius 1 is 1.29 bits per heavy atom. The number of esters is 1. The first-order valence-electron chi connectivity index (χ1n) is 5.03. The molecule has 0 saturated carbocycles. The van der Waals surface area contributed by atoms with Gasteiger partial charge in [0.25, 0.3) is 0 Å². The number of para-hydroxylation sites is 1. The molecule has 1 rings (SSSR count). The summed E-state index contributed by atoms with van der Waals surface area (Å²) in [5, 5.41) is 0. The van der Waals surface area contributed by atoms with E-state index in [1.165, 1.54) is 7.11 Å². The number of halogens is 2. The SMILES string of the molecule is COC(=O)C(C)(C)COc1c(Br)cccc1Br. The van der Waals surface area contributed by atoms with Crippen LogP contribution < -0.4 is 4.74 Å². The Hall–Kier alpha value is -0.550. The third kappa shape index (κ3) is 3.71. The molecular weight excluding hydrogens is 352 g/mol. The molecule has 94 valence electrons. The second-order valence-corrected chi connectivity index (χ2v) is 5.92. The lowest BCUT2D eigenvalue weighted by Crippen LogP contribution is -2.32. The molecule has 0 saturated heterocycles. The minimum atomic E-state index is -0.677. The van der Waals surface area contributed by atoms with Crippen LogP contribution in [0.15, 0.2) is 27.1 Å². The van der Waals surface area contributed by atoms with E-state index in [-0.39, 0.29) is 12.6 Å². The Morgan fingerprint density at radius 3 is 2.29 bits per heavy atom. The molecule has 3 nitrogen and oxygen atoms in total. The van der Waals surface area contributed by atoms with Gasteiger partial charge < -0.3 is 9.47 Å². The zero-order chi connectivity index (χ0) is 13.1. The number of benzene rings is 1. The first-order chi connectivity index (χ1) is 7.88. The highest BCUT2D eigenvalue weighted by Crippen LogP contribution is 2.34. The van der Waals surface area contributed by atoms with E-state index in [0.717, 1.165) is 8.95 Å². The lowest BCUT2D eigenvalue weighted by molar-refractivity contribution is -0.152. The standard InChI is InChI=1S/C12H14Br2O3/c1-12(2,11(15)16-3)7-17-10-8(13)5-4-6-9(10)14/h4-6H,7H2,1-3H3. The first-order valence-corrected chi connectivity index (χ1v) is 6.62. The summed E-state index contributed by atoms with van der Waals surface area (Å²) in [5.74, 6) is 0.394. The molecule has 17 heavy (non-hydrogen) atoms. The number of carbonyl (C=O) groups is 1. The number of hydrogen-bond donors (Lipinski definition) is 0. The Bertz CT molecular complexity index is 396. The van der Waals surface area contributed by atoms with Gasteiger partial charge in [-0.05, 0) is 57.8 Å². The molecule has 0 aliphatic heterocycles. The van der Waals surface area contributed by atoms with Crippen molar-refractivity contribution >= 4 is 37.8 Å². The third-order valence-corrected chi connectivity index (χ3v) is 3.48. The van der Waals surface area contributed by atoms with E-state index in [9.17, 15) is 4.79 Å². The van der Waals surface area contributed by atoms with Crippen LogP contribution in [0.3, 0.4) is 0 Å². The lowest BCUT2D eigenvalue weighted by Gasteiger charge is -2.22. The topological polar surface area (TPSA) is 35.5 Å². The monoisotopic (exact) mass is 364 g/mol. The largest absolute Gasteiger partial charge is 0.490 e. The second-order valence-electron chi connectivity index (χ2n) is 4.21. The van der Waals surface area contributed by atoms with Crippen molar-refractivity contribution in [3.05, 3.63) is 27.1 Å². The summed E-state index contributed by atoms with van der Waals surface area (Å²) in [7, 11) is 1.37. The minimum absolute atomic E-state index is 0.251. The molecule has 0 amide bonds. The highest BCUT2D eigenvalue weighted by Gasteiger charge is 2.30. The van der Waals surface area contributed by atoms with Crippen molar-refractivity contribution in [3.8, 4) is 5.75 Å². The predicted molar refractivity (Wildman–Crippen MR) is 73.1 cm³/mol. The van der Waals surface area contributed by atoms with Gasteiger partial charge in [-0.2, -0.15) is 0 Å². The maximum Gasteiger partial charge on any atom is 0.314 e. The van der Waals surface area contributed by atoms with Gasteiger partial charge in [0.05, 0.1) is 21.5 Å². The smallest absolute Gasteiger partial charge is 0.314 e. The number of ether oxygens (including phenoxy) is 2. The number of hydrogen-bond acceptors (Lipinski definition) is 3. The average molecular weight is 366 g/mol. The van der Waals surface area contributed by atoms with Crippen LogP contribution in [0.1, 0.15) is 13.8 Å². The maximum atomic E-state index is 11.5. The molecule has 0 spiro atoms. The number of rotatable bonds is 4. The number of carbonyl (C=O) groups excluding carboxylic acids is 1. The van der Waals surface area contributed by atoms with E-state index in [2.05, 4.69) is 31.9 Å². The Labute approximate surface area is 118 Å². The summed E-state index contributed by atoms with van der Waals surface area (Å²) in [5.41, 5.74) is -0.677. The zero-order valence-corrected chi connectivity index (χ0v) is 13.1. The molecule has 0 unspecified atom stereocenters. The Kier molecular flexibility index (Phi) is 5.01. The summed E-state index contributed by atoms with van der Waals surface area (Å²) >= 11 is 6.80. The van der Waals surface area contributed by atoms with E-state index >= 15 is 0 Å². The van der Waals surface area contributed by atoms with Crippen LogP contribution in [0.2, 0.25) is 0 Å². The van der Waals surface area contributed by atoms with Gasteiger partial charge in [0.2, 0.25) is 0 Å². The molecule has 0 aliphatic carbocycles. The Balaban J connectivity index is 2.77. The van der Waals surface area contributed by atoms with Crippen LogP contribution in [-0.2, 0) is 9.53 Å². The molecule has 0 aromatic heterocycles. The fourth-order valence-electron chi connectivity index (χ4n) is 1.21. The van der Waals surface area contributed by atoms with Crippen LogP contribution in [0.5, 0.6) is 5.75 Å². The normalized spacial score (nSPS) is 11.1. The highest BCUT2D eigenvalue weighted by molar-refractivity contribution is 9.11. The van der Waals surface area contributed by atoms with Crippen molar-refractivity contribution in [2.24, 2.45) is 5.41 Å². The van der Waals surface area contributed by atoms with Gasteiger partial charge in [0, 0.05) is 0 Å². The van der Waals surface area contributed by atoms with Gasteiger partial charge >= 0.3 is 5.97 Å². The first kappa shape index (κ1) is 14.5. The van der Waals surface area contributed by atoms with Crippen molar-refractivity contribution in [1.29, 1.82) is 0 Å². The maximum absolute atomic E-state index is 11.5. The van der Waals surface area contributed by atoms with Crippen LogP contribution >= 0.6 is 31.9 Å². The van der Waals surface area contributed by atoms with Crippen molar-refractivity contribution in [2.75, 3.05) is 13.7 Å². The molecule has 1 aromatic rings. The van der Waals surface area contributed by atoms with Gasteiger partial charge in [0.15, 0.2) is 0 Å². The predicted octanol–water partition coefficient (Wildman–Crippen LogP) is 3.79. The molecule has 0 heterocycles. The molecule has 0 N–H and O–H groups in total. The van der Waals surface area contributed by atoms with Gasteiger partial charge in [0.1, 0.15) is 12.4 Å². The van der Waals surface area contributed by atoms with Crippen LogP contribution in [0.4, 0.5) is 0 Å². The molecule has 0 radical (unpaired) electrons. The van der Waals surface area contributed by atoms with E-state index in [4.69, 9.17) is 9.47 Å². The molecule has 0 bridgehead atoms. The van der Waals surface area contributed by atoms with Gasteiger partial charge in [-0.15, -0.1) is 0 Å². The fraction of sp³-hybridized carbons (Fsp3) is 0.417. The van der Waals surface area contributed by atoms with Crippen molar-refractivity contribution in [1.82, 2.24) is 0 Å². The summed E-state index contributed by atoms with van der Waals surface area (Å²) in [4.78, 5) is 11.5. The molecular formula is C12H14Br2O3. The molecule has 0 aliphatic rings. The van der Waals surface area contributed by atoms with Crippen LogP contribution in [0.25, 0.3) is 0 Å². The van der Waals surface area contributed by atoms with Crippen molar-refractivity contribution in [2.45, 2.75) is 13.8 Å². The second kappa shape index (κ2) is 5.87. The van der Waals surface area contributed by atoms with Crippen molar-refractivity contribution < 1.29 is 14.3 Å². The third-order valence-electron chi connectivity index (χ3n) is 2.23. The number of methoxy groups -OCH3 is 1. The zero-order valence-electron chi connectivity index (χ0n) is 9.92. The minimum Gasteiger partial charge on any atom is -0.490 e. The van der Waals surface area contributed by atoms with E-state index in [1.807, 2.05) is 18.2 Å². The van der Waals surface area contributed by atoms with E-state index in [0.29, 0.717) is 5.75 Å². The van der Waals surface area contributed by atoms with Gasteiger partial charge in [-0.1, -0.05) is 6.07 Å². The van der Waals surface area contributed by atoms with Crippen LogP contribution in [-0.4, -0.2) is 19.7 Å². The summed E-state index contributed by atoms with van der Waals surface area (Å²) in [6.45, 7) is 3.81. The summed E-state index contributed by atoms with van der Waals surface area (Å²) < 4.78 is 12.1. The summed E-state index contributed by atoms with van der Waals surface area (Å²) in [6, 6.07) is 5.66. The fourth-order valence-corrected chi connectivity index (χ4v) is 2.44.